The lowest BCUT2D eigenvalue weighted by Gasteiger charge is -2.23. The highest BCUT2D eigenvalue weighted by Gasteiger charge is 2.20. The van der Waals surface area contributed by atoms with Crippen LogP contribution in [0.3, 0.4) is 0 Å². The van der Waals surface area contributed by atoms with E-state index in [1.54, 1.807) is 19.2 Å². The fraction of sp³-hybridized carbons (Fsp3) is 0.300. The highest BCUT2D eigenvalue weighted by molar-refractivity contribution is 5.55. The second-order valence-corrected chi connectivity index (χ2v) is 6.66. The van der Waals surface area contributed by atoms with Crippen LogP contribution >= 0.6 is 0 Å². The van der Waals surface area contributed by atoms with Gasteiger partial charge in [0.1, 0.15) is 5.75 Å². The summed E-state index contributed by atoms with van der Waals surface area (Å²) in [6.07, 6.45) is 0. The van der Waals surface area contributed by atoms with Crippen molar-refractivity contribution in [1.29, 1.82) is 0 Å². The molecule has 1 atom stereocenters. The quantitative estimate of drug-likeness (QED) is 0.447. The van der Waals surface area contributed by atoms with Crippen molar-refractivity contribution in [1.82, 2.24) is 15.1 Å². The third-order valence-electron chi connectivity index (χ3n) is 4.64. The molecule has 0 spiro atoms. The fourth-order valence-electron chi connectivity index (χ4n) is 2.87. The number of aryl methyl sites for hydroxylation is 1. The number of benzene rings is 2. The lowest BCUT2D eigenvalue weighted by molar-refractivity contribution is -0.384. The molecule has 0 amide bonds. The molecule has 0 aliphatic carbocycles. The van der Waals surface area contributed by atoms with Gasteiger partial charge in [0, 0.05) is 29.8 Å². The van der Waals surface area contributed by atoms with Gasteiger partial charge in [-0.1, -0.05) is 17.7 Å². The minimum atomic E-state index is -0.445. The van der Waals surface area contributed by atoms with E-state index in [1.165, 1.54) is 12.1 Å². The Morgan fingerprint density at radius 3 is 2.57 bits per heavy atom. The van der Waals surface area contributed by atoms with Crippen LogP contribution in [-0.2, 0) is 6.54 Å². The highest BCUT2D eigenvalue weighted by Crippen LogP contribution is 2.27. The Morgan fingerprint density at radius 1 is 1.21 bits per heavy atom. The second kappa shape index (κ2) is 8.18. The SMILES string of the molecule is COc1ccc(C)cc1CN(C)[C@H](C)c1nnc(-c2ccc([N+](=O)[O-])cc2)o1. The number of nitro benzene ring substituents is 1. The minimum absolute atomic E-state index is 0.0173. The van der Waals surface area contributed by atoms with Crippen molar-refractivity contribution in [2.75, 3.05) is 14.2 Å². The van der Waals surface area contributed by atoms with Gasteiger partial charge in [-0.15, -0.1) is 10.2 Å². The minimum Gasteiger partial charge on any atom is -0.496 e. The normalized spacial score (nSPS) is 12.2. The van der Waals surface area contributed by atoms with Crippen molar-refractivity contribution in [3.8, 4) is 17.2 Å². The second-order valence-electron chi connectivity index (χ2n) is 6.66. The van der Waals surface area contributed by atoms with Crippen LogP contribution in [-0.4, -0.2) is 34.2 Å². The van der Waals surface area contributed by atoms with Gasteiger partial charge >= 0.3 is 0 Å². The van der Waals surface area contributed by atoms with Gasteiger partial charge in [0.05, 0.1) is 18.1 Å². The smallest absolute Gasteiger partial charge is 0.269 e. The van der Waals surface area contributed by atoms with Gasteiger partial charge < -0.3 is 9.15 Å². The average Bonchev–Trinajstić information content (AvgIpc) is 3.17. The number of aromatic nitrogens is 2. The van der Waals surface area contributed by atoms with E-state index >= 15 is 0 Å². The molecule has 8 heteroatoms. The van der Waals surface area contributed by atoms with E-state index in [2.05, 4.69) is 21.2 Å². The van der Waals surface area contributed by atoms with Crippen molar-refractivity contribution in [3.63, 3.8) is 0 Å². The first-order chi connectivity index (χ1) is 13.4. The fourth-order valence-corrected chi connectivity index (χ4v) is 2.87. The van der Waals surface area contributed by atoms with E-state index < -0.39 is 4.92 Å². The summed E-state index contributed by atoms with van der Waals surface area (Å²) in [5.74, 6) is 1.64. The van der Waals surface area contributed by atoms with Crippen molar-refractivity contribution in [2.45, 2.75) is 26.4 Å². The summed E-state index contributed by atoms with van der Waals surface area (Å²) in [5, 5.41) is 19.0. The number of nitrogens with zero attached hydrogens (tertiary/aromatic N) is 4. The molecule has 0 saturated carbocycles. The number of nitro groups is 1. The Labute approximate surface area is 162 Å². The van der Waals surface area contributed by atoms with E-state index in [0.717, 1.165) is 16.9 Å². The molecule has 1 heterocycles. The van der Waals surface area contributed by atoms with Crippen molar-refractivity contribution >= 4 is 5.69 Å². The molecular formula is C20H22N4O4. The summed E-state index contributed by atoms with van der Waals surface area (Å²) >= 11 is 0. The third kappa shape index (κ3) is 4.17. The van der Waals surface area contributed by atoms with E-state index in [0.29, 0.717) is 23.9 Å². The molecule has 0 unspecified atom stereocenters. The standard InChI is InChI=1S/C20H22N4O4/c1-13-5-10-18(27-4)16(11-13)12-23(3)14(2)19-21-22-20(28-19)15-6-8-17(9-7-15)24(25)26/h5-11,14H,12H2,1-4H3/t14-/m1/s1. The first-order valence-corrected chi connectivity index (χ1v) is 8.81. The molecule has 0 N–H and O–H groups in total. The predicted octanol–water partition coefficient (Wildman–Crippen LogP) is 4.15. The van der Waals surface area contributed by atoms with E-state index in [9.17, 15) is 10.1 Å². The molecule has 0 bridgehead atoms. The van der Waals surface area contributed by atoms with Gasteiger partial charge in [-0.2, -0.15) is 0 Å². The number of hydrogen-bond acceptors (Lipinski definition) is 7. The first-order valence-electron chi connectivity index (χ1n) is 8.81. The zero-order chi connectivity index (χ0) is 20.3. The van der Waals surface area contributed by atoms with Crippen LogP contribution in [0.2, 0.25) is 0 Å². The average molecular weight is 382 g/mol. The molecule has 0 fully saturated rings. The largest absolute Gasteiger partial charge is 0.496 e. The molecule has 0 aliphatic rings. The first kappa shape index (κ1) is 19.5. The Balaban J connectivity index is 1.75. The molecule has 1 aromatic heterocycles. The maximum atomic E-state index is 10.8. The molecule has 0 saturated heterocycles. The van der Waals surface area contributed by atoms with E-state index in [1.807, 2.05) is 33.0 Å². The molecule has 2 aromatic carbocycles. The Hall–Kier alpha value is -3.26. The highest BCUT2D eigenvalue weighted by atomic mass is 16.6. The van der Waals surface area contributed by atoms with E-state index in [-0.39, 0.29) is 11.7 Å². The zero-order valence-corrected chi connectivity index (χ0v) is 16.2. The number of ether oxygens (including phenoxy) is 1. The summed E-state index contributed by atoms with van der Waals surface area (Å²) < 4.78 is 11.3. The molecular weight excluding hydrogens is 360 g/mol. The van der Waals surface area contributed by atoms with E-state index in [4.69, 9.17) is 9.15 Å². The Bertz CT molecular complexity index is 969. The van der Waals surface area contributed by atoms with Crippen LogP contribution in [0.1, 0.15) is 30.0 Å². The molecule has 3 rings (SSSR count). The number of non-ortho nitro benzene ring substituents is 1. The van der Waals surface area contributed by atoms with Crippen LogP contribution in [0, 0.1) is 17.0 Å². The molecule has 146 valence electrons. The monoisotopic (exact) mass is 382 g/mol. The summed E-state index contributed by atoms with van der Waals surface area (Å²) in [4.78, 5) is 12.4. The summed E-state index contributed by atoms with van der Waals surface area (Å²) in [6, 6.07) is 12.0. The molecule has 8 nitrogen and oxygen atoms in total. The number of rotatable bonds is 7. The van der Waals surface area contributed by atoms with Crippen molar-refractivity contribution in [3.05, 3.63) is 69.6 Å². The van der Waals surface area contributed by atoms with Gasteiger partial charge in [0.15, 0.2) is 0 Å². The van der Waals surface area contributed by atoms with Crippen LogP contribution < -0.4 is 4.74 Å². The molecule has 3 aromatic rings. The topological polar surface area (TPSA) is 94.5 Å². The maximum absolute atomic E-state index is 10.8. The van der Waals surface area contributed by atoms with Crippen LogP contribution in [0.5, 0.6) is 5.75 Å². The van der Waals surface area contributed by atoms with Gasteiger partial charge in [-0.05, 0) is 39.1 Å². The summed E-state index contributed by atoms with van der Waals surface area (Å²) in [6.45, 7) is 4.68. The summed E-state index contributed by atoms with van der Waals surface area (Å²) in [7, 11) is 3.63. The van der Waals surface area contributed by atoms with Gasteiger partial charge in [-0.3, -0.25) is 15.0 Å². The molecule has 28 heavy (non-hydrogen) atoms. The van der Waals surface area contributed by atoms with Crippen LogP contribution in [0.4, 0.5) is 5.69 Å². The van der Waals surface area contributed by atoms with Crippen LogP contribution in [0.25, 0.3) is 11.5 Å². The maximum Gasteiger partial charge on any atom is 0.269 e. The zero-order valence-electron chi connectivity index (χ0n) is 16.2. The van der Waals surface area contributed by atoms with Crippen molar-refractivity contribution in [2.24, 2.45) is 0 Å². The van der Waals surface area contributed by atoms with Gasteiger partial charge in [-0.25, -0.2) is 0 Å². The predicted molar refractivity (Wildman–Crippen MR) is 104 cm³/mol. The molecule has 0 radical (unpaired) electrons. The Kier molecular flexibility index (Phi) is 5.70. The van der Waals surface area contributed by atoms with Crippen molar-refractivity contribution < 1.29 is 14.1 Å². The summed E-state index contributed by atoms with van der Waals surface area (Å²) in [5.41, 5.74) is 2.89. The Morgan fingerprint density at radius 2 is 1.93 bits per heavy atom. The third-order valence-corrected chi connectivity index (χ3v) is 4.64. The molecule has 0 aliphatic heterocycles. The van der Waals surface area contributed by atoms with Crippen LogP contribution in [0.15, 0.2) is 46.9 Å². The van der Waals surface area contributed by atoms with Gasteiger partial charge in [0.25, 0.3) is 5.69 Å². The van der Waals surface area contributed by atoms with Gasteiger partial charge in [0.2, 0.25) is 11.8 Å². The number of methoxy groups -OCH3 is 1. The lowest BCUT2D eigenvalue weighted by atomic mass is 10.1. The number of hydrogen-bond donors (Lipinski definition) is 0. The lowest BCUT2D eigenvalue weighted by Crippen LogP contribution is -2.22.